The summed E-state index contributed by atoms with van der Waals surface area (Å²) in [6, 6.07) is 5.64. The van der Waals surface area contributed by atoms with Crippen LogP contribution in [0.3, 0.4) is 0 Å². The first-order valence-corrected chi connectivity index (χ1v) is 7.96. The second-order valence-corrected chi connectivity index (χ2v) is 6.80. The van der Waals surface area contributed by atoms with Crippen molar-refractivity contribution in [3.05, 3.63) is 23.9 Å². The van der Waals surface area contributed by atoms with Gasteiger partial charge in [-0.1, -0.05) is 0 Å². The van der Waals surface area contributed by atoms with Crippen molar-refractivity contribution in [1.82, 2.24) is 9.88 Å². The lowest BCUT2D eigenvalue weighted by atomic mass is 9.97. The Morgan fingerprint density at radius 1 is 1.48 bits per heavy atom. The molecule has 1 aliphatic heterocycles. The van der Waals surface area contributed by atoms with Crippen LogP contribution >= 0.6 is 0 Å². The fraction of sp³-hybridized carbons (Fsp3) is 0.588. The number of likely N-dealkylation sites (tertiary alicyclic amines) is 1. The average molecular weight is 316 g/mol. The van der Waals surface area contributed by atoms with E-state index < -0.39 is 5.60 Å². The summed E-state index contributed by atoms with van der Waals surface area (Å²) in [5.74, 6) is 1.09. The van der Waals surface area contributed by atoms with Crippen LogP contribution in [0.15, 0.2) is 18.3 Å². The van der Waals surface area contributed by atoms with E-state index in [1.54, 1.807) is 23.2 Å². The molecule has 1 saturated heterocycles. The predicted octanol–water partition coefficient (Wildman–Crippen LogP) is 3.01. The zero-order chi connectivity index (χ0) is 16.9. The molecule has 23 heavy (non-hydrogen) atoms. The van der Waals surface area contributed by atoms with Gasteiger partial charge in [0.1, 0.15) is 17.5 Å². The second kappa shape index (κ2) is 7.32. The van der Waals surface area contributed by atoms with E-state index >= 15 is 0 Å². The Morgan fingerprint density at radius 2 is 2.17 bits per heavy atom. The number of pyridine rings is 1. The van der Waals surface area contributed by atoms with Gasteiger partial charge in [0.25, 0.3) is 0 Å². The Morgan fingerprint density at radius 3 is 2.78 bits per heavy atom. The van der Waals surface area contributed by atoms with Crippen LogP contribution < -0.4 is 5.32 Å². The minimum atomic E-state index is -0.456. The average Bonchev–Trinajstić information content (AvgIpc) is 2.52. The molecule has 0 radical (unpaired) electrons. The van der Waals surface area contributed by atoms with Gasteiger partial charge in [-0.2, -0.15) is 5.26 Å². The smallest absolute Gasteiger partial charge is 0.410 e. The van der Waals surface area contributed by atoms with Crippen molar-refractivity contribution in [1.29, 1.82) is 5.26 Å². The normalized spacial score (nSPS) is 15.8. The van der Waals surface area contributed by atoms with E-state index in [1.165, 1.54) is 0 Å². The number of nitrogens with one attached hydrogen (secondary N) is 1. The summed E-state index contributed by atoms with van der Waals surface area (Å²) in [5.41, 5.74) is 0.0982. The van der Waals surface area contributed by atoms with Crippen LogP contribution in [-0.2, 0) is 4.74 Å². The van der Waals surface area contributed by atoms with Crippen LogP contribution in [0.25, 0.3) is 0 Å². The summed E-state index contributed by atoms with van der Waals surface area (Å²) in [6.45, 7) is 7.79. The van der Waals surface area contributed by atoms with E-state index in [1.807, 2.05) is 20.8 Å². The Balaban J connectivity index is 1.79. The van der Waals surface area contributed by atoms with Gasteiger partial charge in [-0.25, -0.2) is 9.78 Å². The van der Waals surface area contributed by atoms with Crippen molar-refractivity contribution < 1.29 is 9.53 Å². The number of ether oxygens (including phenoxy) is 1. The van der Waals surface area contributed by atoms with Crippen LogP contribution in [0.5, 0.6) is 0 Å². The maximum atomic E-state index is 12.0. The highest BCUT2D eigenvalue weighted by Crippen LogP contribution is 2.20. The van der Waals surface area contributed by atoms with Crippen molar-refractivity contribution in [2.45, 2.75) is 39.2 Å². The number of rotatable bonds is 3. The molecular formula is C17H24N4O2. The molecule has 2 heterocycles. The molecular weight excluding hydrogens is 292 g/mol. The molecule has 1 aromatic heterocycles. The number of nitriles is 1. The standard InChI is InChI=1S/C17H24N4O2/c1-17(2,3)23-16(22)21-9-6-13(7-10-21)12-20-15-14(11-18)5-4-8-19-15/h4-5,8,13H,6-7,9-10,12H2,1-3H3,(H,19,20). The minimum Gasteiger partial charge on any atom is -0.444 e. The fourth-order valence-electron chi connectivity index (χ4n) is 2.52. The number of anilines is 1. The number of aromatic nitrogens is 1. The molecule has 0 unspecified atom stereocenters. The third-order valence-electron chi connectivity index (χ3n) is 3.75. The summed E-state index contributed by atoms with van der Waals surface area (Å²) in [5, 5.41) is 12.3. The third kappa shape index (κ3) is 5.13. The molecule has 0 spiro atoms. The van der Waals surface area contributed by atoms with Gasteiger partial charge in [-0.3, -0.25) is 0 Å². The summed E-state index contributed by atoms with van der Waals surface area (Å²) in [6.07, 6.45) is 3.27. The zero-order valence-electron chi connectivity index (χ0n) is 14.0. The molecule has 1 fully saturated rings. The molecule has 6 heteroatoms. The third-order valence-corrected chi connectivity index (χ3v) is 3.75. The summed E-state index contributed by atoms with van der Waals surface area (Å²) in [4.78, 5) is 18.0. The molecule has 0 aliphatic carbocycles. The molecule has 6 nitrogen and oxygen atoms in total. The highest BCUT2D eigenvalue weighted by atomic mass is 16.6. The van der Waals surface area contributed by atoms with E-state index in [2.05, 4.69) is 16.4 Å². The molecule has 124 valence electrons. The Bertz CT molecular complexity index is 581. The number of amides is 1. The van der Waals surface area contributed by atoms with Gasteiger partial charge in [0.05, 0.1) is 5.56 Å². The van der Waals surface area contributed by atoms with E-state index in [0.717, 1.165) is 19.4 Å². The summed E-state index contributed by atoms with van der Waals surface area (Å²) in [7, 11) is 0. The van der Waals surface area contributed by atoms with Gasteiger partial charge in [0.2, 0.25) is 0 Å². The number of hydrogen-bond acceptors (Lipinski definition) is 5. The Labute approximate surface area is 137 Å². The highest BCUT2D eigenvalue weighted by Gasteiger charge is 2.26. The van der Waals surface area contributed by atoms with E-state index in [4.69, 9.17) is 10.00 Å². The van der Waals surface area contributed by atoms with Gasteiger partial charge in [0.15, 0.2) is 0 Å². The van der Waals surface area contributed by atoms with E-state index in [9.17, 15) is 4.79 Å². The molecule has 1 amide bonds. The van der Waals surface area contributed by atoms with Gasteiger partial charge in [-0.05, 0) is 51.7 Å². The quantitative estimate of drug-likeness (QED) is 0.927. The molecule has 1 aromatic rings. The molecule has 1 aliphatic rings. The maximum absolute atomic E-state index is 12.0. The van der Waals surface area contributed by atoms with Gasteiger partial charge in [0, 0.05) is 25.8 Å². The van der Waals surface area contributed by atoms with Crippen LogP contribution in [0.2, 0.25) is 0 Å². The monoisotopic (exact) mass is 316 g/mol. The van der Waals surface area contributed by atoms with Crippen molar-refractivity contribution >= 4 is 11.9 Å². The van der Waals surface area contributed by atoms with Crippen LogP contribution in [0, 0.1) is 17.2 Å². The molecule has 0 aromatic carbocycles. The molecule has 0 atom stereocenters. The lowest BCUT2D eigenvalue weighted by molar-refractivity contribution is 0.0188. The van der Waals surface area contributed by atoms with E-state index in [0.29, 0.717) is 30.4 Å². The lowest BCUT2D eigenvalue weighted by Crippen LogP contribution is -2.42. The first kappa shape index (κ1) is 17.1. The lowest BCUT2D eigenvalue weighted by Gasteiger charge is -2.33. The maximum Gasteiger partial charge on any atom is 0.410 e. The first-order chi connectivity index (χ1) is 10.9. The summed E-state index contributed by atoms with van der Waals surface area (Å²) >= 11 is 0. The Hall–Kier alpha value is -2.29. The SMILES string of the molecule is CC(C)(C)OC(=O)N1CCC(CNc2ncccc2C#N)CC1. The van der Waals surface area contributed by atoms with Crippen molar-refractivity contribution in [2.75, 3.05) is 25.0 Å². The zero-order valence-corrected chi connectivity index (χ0v) is 14.0. The van der Waals surface area contributed by atoms with Crippen LogP contribution in [0.1, 0.15) is 39.2 Å². The Kier molecular flexibility index (Phi) is 5.43. The second-order valence-electron chi connectivity index (χ2n) is 6.80. The molecule has 1 N–H and O–H groups in total. The van der Waals surface area contributed by atoms with Gasteiger partial charge in [-0.15, -0.1) is 0 Å². The molecule has 0 bridgehead atoms. The minimum absolute atomic E-state index is 0.236. The highest BCUT2D eigenvalue weighted by molar-refractivity contribution is 5.68. The van der Waals surface area contributed by atoms with Crippen molar-refractivity contribution in [3.63, 3.8) is 0 Å². The molecule has 2 rings (SSSR count). The molecule has 0 saturated carbocycles. The predicted molar refractivity (Wildman–Crippen MR) is 88.0 cm³/mol. The number of piperidine rings is 1. The summed E-state index contributed by atoms with van der Waals surface area (Å²) < 4.78 is 5.40. The fourth-order valence-corrected chi connectivity index (χ4v) is 2.52. The van der Waals surface area contributed by atoms with Crippen LogP contribution in [-0.4, -0.2) is 41.2 Å². The van der Waals surface area contributed by atoms with Crippen molar-refractivity contribution in [2.24, 2.45) is 5.92 Å². The first-order valence-electron chi connectivity index (χ1n) is 7.96. The van der Waals surface area contributed by atoms with Gasteiger partial charge < -0.3 is 15.0 Å². The van der Waals surface area contributed by atoms with Gasteiger partial charge >= 0.3 is 6.09 Å². The number of carbonyl (C=O) groups excluding carboxylic acids is 1. The number of carbonyl (C=O) groups is 1. The van der Waals surface area contributed by atoms with Crippen LogP contribution in [0.4, 0.5) is 10.6 Å². The van der Waals surface area contributed by atoms with Crippen molar-refractivity contribution in [3.8, 4) is 6.07 Å². The number of nitrogens with zero attached hydrogens (tertiary/aromatic N) is 3. The number of hydrogen-bond donors (Lipinski definition) is 1. The topological polar surface area (TPSA) is 78.2 Å². The van der Waals surface area contributed by atoms with E-state index in [-0.39, 0.29) is 6.09 Å². The largest absolute Gasteiger partial charge is 0.444 e.